The lowest BCUT2D eigenvalue weighted by atomic mass is 10.0. The number of phenols is 1. The maximum atomic E-state index is 12.0. The number of hydrogen-bond donors (Lipinski definition) is 2. The zero-order chi connectivity index (χ0) is 15.1. The Morgan fingerprint density at radius 3 is 2.55 bits per heavy atom. The lowest BCUT2D eigenvalue weighted by Gasteiger charge is -2.19. The molecule has 0 fully saturated rings. The van der Waals surface area contributed by atoms with Crippen LogP contribution in [0.25, 0.3) is 0 Å². The first-order chi connectivity index (χ1) is 9.47. The van der Waals surface area contributed by atoms with Crippen molar-refractivity contribution in [2.75, 3.05) is 14.2 Å². The van der Waals surface area contributed by atoms with Crippen LogP contribution in [0.2, 0.25) is 0 Å². The minimum atomic E-state index is -0.920. The number of benzene rings is 1. The average molecular weight is 277 g/mol. The Hall–Kier alpha value is -2.75. The third-order valence-corrected chi connectivity index (χ3v) is 2.63. The fourth-order valence-corrected chi connectivity index (χ4v) is 1.55. The van der Waals surface area contributed by atoms with Gasteiger partial charge in [0.2, 0.25) is 0 Å². The van der Waals surface area contributed by atoms with Crippen LogP contribution in [0.3, 0.4) is 0 Å². The molecule has 1 rings (SSSR count). The largest absolute Gasteiger partial charge is 0.508 e. The molecule has 0 aromatic heterocycles. The Labute approximate surface area is 116 Å². The molecule has 1 aromatic carbocycles. The molecule has 0 heterocycles. The summed E-state index contributed by atoms with van der Waals surface area (Å²) >= 11 is 0. The second kappa shape index (κ2) is 6.99. The summed E-state index contributed by atoms with van der Waals surface area (Å²) in [5.74, 6) is -0.447. The first kappa shape index (κ1) is 15.3. The van der Waals surface area contributed by atoms with E-state index in [9.17, 15) is 14.7 Å². The van der Waals surface area contributed by atoms with Crippen LogP contribution >= 0.6 is 0 Å². The summed E-state index contributed by atoms with van der Waals surface area (Å²) in [6.07, 6.45) is 1.11. The number of carbonyl (C=O) groups is 2. The van der Waals surface area contributed by atoms with Gasteiger partial charge in [0, 0.05) is 13.5 Å². The number of rotatable bonds is 4. The number of amides is 2. The van der Waals surface area contributed by atoms with E-state index in [1.54, 1.807) is 18.3 Å². The maximum Gasteiger partial charge on any atom is 0.407 e. The summed E-state index contributed by atoms with van der Waals surface area (Å²) in [5, 5.41) is 20.3. The minimum absolute atomic E-state index is 0.103. The first-order valence-corrected chi connectivity index (χ1v) is 5.77. The van der Waals surface area contributed by atoms with Crippen LogP contribution in [0, 0.1) is 11.5 Å². The lowest BCUT2D eigenvalue weighted by Crippen LogP contribution is -2.47. The number of nitrogens with zero attached hydrogens (tertiary/aromatic N) is 2. The van der Waals surface area contributed by atoms with Crippen LogP contribution in [-0.2, 0) is 16.0 Å². The summed E-state index contributed by atoms with van der Waals surface area (Å²) in [7, 11) is 2.50. The third-order valence-electron chi connectivity index (χ3n) is 2.63. The molecule has 7 nitrogen and oxygen atoms in total. The Bertz CT molecular complexity index is 521. The quantitative estimate of drug-likeness (QED) is 0.619. The van der Waals surface area contributed by atoms with Crippen molar-refractivity contribution in [2.24, 2.45) is 0 Å². The van der Waals surface area contributed by atoms with Crippen molar-refractivity contribution in [1.82, 2.24) is 10.2 Å². The molecule has 0 aliphatic rings. The monoisotopic (exact) mass is 277 g/mol. The van der Waals surface area contributed by atoms with E-state index in [1.165, 1.54) is 26.3 Å². The zero-order valence-corrected chi connectivity index (χ0v) is 11.2. The van der Waals surface area contributed by atoms with Gasteiger partial charge in [0.1, 0.15) is 11.8 Å². The Kier molecular flexibility index (Phi) is 5.35. The number of ether oxygens (including phenoxy) is 1. The molecule has 0 spiro atoms. The van der Waals surface area contributed by atoms with Crippen LogP contribution in [-0.4, -0.2) is 42.2 Å². The lowest BCUT2D eigenvalue weighted by molar-refractivity contribution is -0.129. The fraction of sp³-hybridized carbons (Fsp3) is 0.308. The van der Waals surface area contributed by atoms with Crippen LogP contribution in [0.4, 0.5) is 4.79 Å². The molecule has 0 saturated heterocycles. The standard InChI is InChI=1S/C13H15N3O4/c1-16(8-14)12(18)11(15-13(19)20-2)7-9-3-5-10(17)6-4-9/h3-6,11,17H,7H2,1-2H3,(H,15,19). The normalized spacial score (nSPS) is 11.1. The smallest absolute Gasteiger partial charge is 0.407 e. The maximum absolute atomic E-state index is 12.0. The number of nitrogens with one attached hydrogen (secondary N) is 1. The second-order valence-electron chi connectivity index (χ2n) is 4.06. The summed E-state index contributed by atoms with van der Waals surface area (Å²) in [6.45, 7) is 0. The number of carbonyl (C=O) groups excluding carboxylic acids is 2. The number of likely N-dealkylation sites (N-methyl/N-ethyl adjacent to an activating group) is 1. The molecule has 106 valence electrons. The van der Waals surface area contributed by atoms with E-state index in [4.69, 9.17) is 5.26 Å². The minimum Gasteiger partial charge on any atom is -0.508 e. The van der Waals surface area contributed by atoms with Crippen LogP contribution < -0.4 is 5.32 Å². The molecular formula is C13H15N3O4. The molecular weight excluding hydrogens is 262 g/mol. The number of aromatic hydroxyl groups is 1. The highest BCUT2D eigenvalue weighted by Crippen LogP contribution is 2.12. The van der Waals surface area contributed by atoms with Crippen molar-refractivity contribution in [1.29, 1.82) is 5.26 Å². The van der Waals surface area contributed by atoms with E-state index in [1.807, 2.05) is 0 Å². The highest BCUT2D eigenvalue weighted by molar-refractivity contribution is 5.86. The number of methoxy groups -OCH3 is 1. The van der Waals surface area contributed by atoms with Crippen molar-refractivity contribution >= 4 is 12.0 Å². The topological polar surface area (TPSA) is 103 Å². The van der Waals surface area contributed by atoms with E-state index in [2.05, 4.69) is 10.1 Å². The van der Waals surface area contributed by atoms with Crippen molar-refractivity contribution < 1.29 is 19.4 Å². The zero-order valence-electron chi connectivity index (χ0n) is 11.2. The van der Waals surface area contributed by atoms with Crippen molar-refractivity contribution in [3.05, 3.63) is 29.8 Å². The van der Waals surface area contributed by atoms with Crippen molar-refractivity contribution in [3.63, 3.8) is 0 Å². The molecule has 1 unspecified atom stereocenters. The molecule has 1 aromatic rings. The summed E-state index contributed by atoms with van der Waals surface area (Å²) in [4.78, 5) is 24.1. The van der Waals surface area contributed by atoms with Gasteiger partial charge in [-0.25, -0.2) is 4.79 Å². The Balaban J connectivity index is 2.87. The van der Waals surface area contributed by atoms with Gasteiger partial charge in [-0.2, -0.15) is 5.26 Å². The van der Waals surface area contributed by atoms with Gasteiger partial charge in [-0.1, -0.05) is 12.1 Å². The summed E-state index contributed by atoms with van der Waals surface area (Å²) in [6, 6.07) is 5.28. The van der Waals surface area contributed by atoms with Crippen LogP contribution in [0.15, 0.2) is 24.3 Å². The fourth-order valence-electron chi connectivity index (χ4n) is 1.55. The van der Waals surface area contributed by atoms with E-state index in [0.717, 1.165) is 10.5 Å². The molecule has 7 heteroatoms. The predicted octanol–water partition coefficient (Wildman–Crippen LogP) is 0.599. The Morgan fingerprint density at radius 1 is 1.45 bits per heavy atom. The van der Waals surface area contributed by atoms with Crippen molar-refractivity contribution in [2.45, 2.75) is 12.5 Å². The van der Waals surface area contributed by atoms with Gasteiger partial charge in [-0.05, 0) is 17.7 Å². The third kappa shape index (κ3) is 4.17. The molecule has 2 N–H and O–H groups in total. The number of phenolic OH excluding ortho intramolecular Hbond substituents is 1. The first-order valence-electron chi connectivity index (χ1n) is 5.77. The van der Waals surface area contributed by atoms with Gasteiger partial charge in [0.05, 0.1) is 7.11 Å². The van der Waals surface area contributed by atoms with E-state index in [-0.39, 0.29) is 12.2 Å². The highest BCUT2D eigenvalue weighted by Gasteiger charge is 2.24. The molecule has 0 aliphatic heterocycles. The summed E-state index contributed by atoms with van der Waals surface area (Å²) in [5.41, 5.74) is 0.726. The van der Waals surface area contributed by atoms with Gasteiger partial charge in [-0.15, -0.1) is 0 Å². The second-order valence-corrected chi connectivity index (χ2v) is 4.06. The molecule has 20 heavy (non-hydrogen) atoms. The number of alkyl carbamates (subject to hydrolysis) is 1. The molecule has 0 aliphatic carbocycles. The molecule has 2 amide bonds. The summed E-state index contributed by atoms with van der Waals surface area (Å²) < 4.78 is 4.46. The van der Waals surface area contributed by atoms with Gasteiger partial charge in [0.25, 0.3) is 5.91 Å². The van der Waals surface area contributed by atoms with E-state index in [0.29, 0.717) is 0 Å². The number of nitriles is 1. The van der Waals surface area contributed by atoms with Gasteiger partial charge in [0.15, 0.2) is 6.19 Å². The van der Waals surface area contributed by atoms with E-state index >= 15 is 0 Å². The molecule has 0 bridgehead atoms. The molecule has 0 radical (unpaired) electrons. The van der Waals surface area contributed by atoms with Crippen LogP contribution in [0.5, 0.6) is 5.75 Å². The molecule has 1 atom stereocenters. The van der Waals surface area contributed by atoms with Gasteiger partial charge in [-0.3, -0.25) is 9.69 Å². The Morgan fingerprint density at radius 2 is 2.05 bits per heavy atom. The predicted molar refractivity (Wildman–Crippen MR) is 69.5 cm³/mol. The van der Waals surface area contributed by atoms with Gasteiger partial charge >= 0.3 is 6.09 Å². The van der Waals surface area contributed by atoms with Crippen LogP contribution in [0.1, 0.15) is 5.56 Å². The number of hydrogen-bond acceptors (Lipinski definition) is 5. The van der Waals surface area contributed by atoms with Crippen molar-refractivity contribution in [3.8, 4) is 11.9 Å². The SMILES string of the molecule is COC(=O)NC(Cc1ccc(O)cc1)C(=O)N(C)C#N. The van der Waals surface area contributed by atoms with E-state index < -0.39 is 18.0 Å². The molecule has 0 saturated carbocycles. The van der Waals surface area contributed by atoms with Gasteiger partial charge < -0.3 is 15.2 Å². The highest BCUT2D eigenvalue weighted by atomic mass is 16.5. The average Bonchev–Trinajstić information content (AvgIpc) is 2.46.